The van der Waals surface area contributed by atoms with Crippen LogP contribution < -0.4 is 5.73 Å². The lowest BCUT2D eigenvalue weighted by Crippen LogP contribution is -2.44. The molecule has 3 atom stereocenters. The number of thiazole rings is 1. The molecule has 0 spiro atoms. The van der Waals surface area contributed by atoms with Crippen LogP contribution in [0.5, 0.6) is 0 Å². The van der Waals surface area contributed by atoms with Crippen LogP contribution in [0.1, 0.15) is 48.0 Å². The smallest absolute Gasteiger partial charge is 0.227 e. The minimum absolute atomic E-state index is 0. The van der Waals surface area contributed by atoms with Gasteiger partial charge in [-0.05, 0) is 25.3 Å². The number of amides is 1. The van der Waals surface area contributed by atoms with E-state index in [1.807, 2.05) is 49.1 Å². The summed E-state index contributed by atoms with van der Waals surface area (Å²) in [6, 6.07) is 9.62. The van der Waals surface area contributed by atoms with Gasteiger partial charge in [0.15, 0.2) is 0 Å². The number of nitrogens with zero attached hydrogens (tertiary/aromatic N) is 2. The Hall–Kier alpha value is -1.14. The summed E-state index contributed by atoms with van der Waals surface area (Å²) in [5.74, 6) is 0.301. The summed E-state index contributed by atoms with van der Waals surface area (Å²) in [6.07, 6.45) is 2.14. The van der Waals surface area contributed by atoms with Gasteiger partial charge in [-0.1, -0.05) is 37.3 Å². The number of benzene rings is 1. The quantitative estimate of drug-likeness (QED) is 0.807. The van der Waals surface area contributed by atoms with E-state index in [0.29, 0.717) is 5.92 Å². The van der Waals surface area contributed by atoms with E-state index in [1.54, 1.807) is 11.3 Å². The van der Waals surface area contributed by atoms with Crippen molar-refractivity contribution >= 4 is 42.1 Å². The van der Waals surface area contributed by atoms with Gasteiger partial charge in [-0.3, -0.25) is 4.79 Å². The SMILES string of the molecule is Cc1csc(C2CCCN(C(=O)C(C)C(N)c3ccccc3)C2)n1.Cl.Cl. The van der Waals surface area contributed by atoms with Gasteiger partial charge in [0.05, 0.1) is 10.9 Å². The number of hydrogen-bond acceptors (Lipinski definition) is 4. The molecular weight excluding hydrogens is 389 g/mol. The first-order chi connectivity index (χ1) is 11.6. The van der Waals surface area contributed by atoms with Crippen LogP contribution in [0.4, 0.5) is 0 Å². The Kier molecular flexibility index (Phi) is 9.04. The van der Waals surface area contributed by atoms with Crippen LogP contribution in [0.2, 0.25) is 0 Å². The highest BCUT2D eigenvalue weighted by atomic mass is 35.5. The molecule has 144 valence electrons. The summed E-state index contributed by atoms with van der Waals surface area (Å²) in [4.78, 5) is 19.5. The predicted molar refractivity (Wildman–Crippen MR) is 112 cm³/mol. The molecule has 1 aromatic carbocycles. The van der Waals surface area contributed by atoms with Gasteiger partial charge in [-0.15, -0.1) is 36.2 Å². The van der Waals surface area contributed by atoms with Crippen LogP contribution in [0.15, 0.2) is 35.7 Å². The third-order valence-corrected chi connectivity index (χ3v) is 5.96. The number of hydrogen-bond donors (Lipinski definition) is 1. The first kappa shape index (κ1) is 22.9. The number of rotatable bonds is 4. The second-order valence-corrected chi connectivity index (χ2v) is 7.57. The monoisotopic (exact) mass is 415 g/mol. The molecule has 1 amide bonds. The lowest BCUT2D eigenvalue weighted by Gasteiger charge is -2.34. The fourth-order valence-electron chi connectivity index (χ4n) is 3.34. The summed E-state index contributed by atoms with van der Waals surface area (Å²) >= 11 is 1.71. The van der Waals surface area contributed by atoms with E-state index in [1.165, 1.54) is 0 Å². The Balaban J connectivity index is 0.00000169. The van der Waals surface area contributed by atoms with E-state index >= 15 is 0 Å². The Morgan fingerprint density at radius 2 is 2.00 bits per heavy atom. The zero-order chi connectivity index (χ0) is 17.1. The molecule has 0 aliphatic carbocycles. The highest BCUT2D eigenvalue weighted by molar-refractivity contribution is 7.09. The molecule has 0 bridgehead atoms. The van der Waals surface area contributed by atoms with Crippen molar-refractivity contribution in [3.05, 3.63) is 52.0 Å². The Morgan fingerprint density at radius 1 is 1.31 bits per heavy atom. The zero-order valence-corrected chi connectivity index (χ0v) is 17.6. The number of likely N-dealkylation sites (tertiary alicyclic amines) is 1. The van der Waals surface area contributed by atoms with Crippen molar-refractivity contribution in [2.75, 3.05) is 13.1 Å². The molecule has 4 nitrogen and oxygen atoms in total. The summed E-state index contributed by atoms with van der Waals surface area (Å²) in [5, 5.41) is 3.24. The van der Waals surface area contributed by atoms with E-state index in [-0.39, 0.29) is 42.7 Å². The first-order valence-electron chi connectivity index (χ1n) is 8.57. The van der Waals surface area contributed by atoms with Gasteiger partial charge in [0, 0.05) is 36.1 Å². The molecule has 1 saturated heterocycles. The second kappa shape index (κ2) is 10.3. The van der Waals surface area contributed by atoms with Crippen LogP contribution in [0.3, 0.4) is 0 Å². The maximum Gasteiger partial charge on any atom is 0.227 e. The molecule has 1 fully saturated rings. The summed E-state index contributed by atoms with van der Waals surface area (Å²) in [5.41, 5.74) is 8.42. The Labute approximate surface area is 172 Å². The van der Waals surface area contributed by atoms with E-state index in [9.17, 15) is 4.79 Å². The average Bonchev–Trinajstić information content (AvgIpc) is 3.07. The summed E-state index contributed by atoms with van der Waals surface area (Å²) in [6.45, 7) is 5.55. The van der Waals surface area contributed by atoms with Crippen molar-refractivity contribution in [1.82, 2.24) is 9.88 Å². The number of aryl methyl sites for hydroxylation is 1. The minimum atomic E-state index is -0.263. The topological polar surface area (TPSA) is 59.2 Å². The van der Waals surface area contributed by atoms with Crippen molar-refractivity contribution in [2.24, 2.45) is 11.7 Å². The second-order valence-electron chi connectivity index (χ2n) is 6.68. The van der Waals surface area contributed by atoms with Crippen LogP contribution in [0, 0.1) is 12.8 Å². The molecule has 26 heavy (non-hydrogen) atoms. The van der Waals surface area contributed by atoms with Crippen molar-refractivity contribution < 1.29 is 4.79 Å². The molecular formula is C19H27Cl2N3OS. The predicted octanol–water partition coefficient (Wildman–Crippen LogP) is 4.34. The lowest BCUT2D eigenvalue weighted by molar-refractivity contribution is -0.137. The van der Waals surface area contributed by atoms with E-state index in [2.05, 4.69) is 10.4 Å². The van der Waals surface area contributed by atoms with Gasteiger partial charge in [0.25, 0.3) is 0 Å². The molecule has 2 aromatic rings. The third kappa shape index (κ3) is 5.19. The highest BCUT2D eigenvalue weighted by Crippen LogP contribution is 2.31. The first-order valence-corrected chi connectivity index (χ1v) is 9.45. The molecule has 3 unspecified atom stereocenters. The molecule has 1 aliphatic heterocycles. The highest BCUT2D eigenvalue weighted by Gasteiger charge is 2.31. The summed E-state index contributed by atoms with van der Waals surface area (Å²) in [7, 11) is 0. The Bertz CT molecular complexity index is 695. The lowest BCUT2D eigenvalue weighted by atomic mass is 9.92. The maximum absolute atomic E-state index is 12.9. The number of aromatic nitrogens is 1. The number of nitrogens with two attached hydrogens (primary N) is 1. The largest absolute Gasteiger partial charge is 0.342 e. The maximum atomic E-state index is 12.9. The molecule has 3 rings (SSSR count). The molecule has 2 heterocycles. The van der Waals surface area contributed by atoms with Crippen molar-refractivity contribution in [3.8, 4) is 0 Å². The molecule has 0 saturated carbocycles. The van der Waals surface area contributed by atoms with E-state index in [0.717, 1.165) is 42.2 Å². The van der Waals surface area contributed by atoms with Gasteiger partial charge in [0.1, 0.15) is 0 Å². The summed E-state index contributed by atoms with van der Waals surface area (Å²) < 4.78 is 0. The van der Waals surface area contributed by atoms with Gasteiger partial charge >= 0.3 is 0 Å². The zero-order valence-electron chi connectivity index (χ0n) is 15.1. The van der Waals surface area contributed by atoms with Crippen LogP contribution in [-0.4, -0.2) is 28.9 Å². The van der Waals surface area contributed by atoms with Crippen molar-refractivity contribution in [3.63, 3.8) is 0 Å². The van der Waals surface area contributed by atoms with Crippen LogP contribution in [-0.2, 0) is 4.79 Å². The van der Waals surface area contributed by atoms with Gasteiger partial charge in [-0.2, -0.15) is 0 Å². The van der Waals surface area contributed by atoms with Gasteiger partial charge in [0.2, 0.25) is 5.91 Å². The molecule has 0 radical (unpaired) electrons. The fourth-order valence-corrected chi connectivity index (χ4v) is 4.27. The Morgan fingerprint density at radius 3 is 2.62 bits per heavy atom. The minimum Gasteiger partial charge on any atom is -0.342 e. The van der Waals surface area contributed by atoms with E-state index in [4.69, 9.17) is 5.73 Å². The number of halogens is 2. The van der Waals surface area contributed by atoms with Crippen molar-refractivity contribution in [2.45, 2.75) is 38.6 Å². The third-order valence-electron chi connectivity index (χ3n) is 4.83. The van der Waals surface area contributed by atoms with Gasteiger partial charge < -0.3 is 10.6 Å². The number of carbonyl (C=O) groups is 1. The standard InChI is InChI=1S/C19H25N3OS.2ClH/c1-13-12-24-18(21-13)16-9-6-10-22(11-16)19(23)14(2)17(20)15-7-4-3-5-8-15;;/h3-5,7-8,12,14,16-17H,6,9-11,20H2,1-2H3;2*1H. The molecule has 2 N–H and O–H groups in total. The van der Waals surface area contributed by atoms with Crippen molar-refractivity contribution in [1.29, 1.82) is 0 Å². The molecule has 1 aromatic heterocycles. The van der Waals surface area contributed by atoms with Crippen LogP contribution in [0.25, 0.3) is 0 Å². The van der Waals surface area contributed by atoms with Crippen LogP contribution >= 0.6 is 36.2 Å². The van der Waals surface area contributed by atoms with E-state index < -0.39 is 0 Å². The molecule has 1 aliphatic rings. The average molecular weight is 416 g/mol. The normalized spacial score (nSPS) is 19.0. The fraction of sp³-hybridized carbons (Fsp3) is 0.474. The molecule has 7 heteroatoms. The number of carbonyl (C=O) groups excluding carboxylic acids is 1. The number of piperidine rings is 1. The van der Waals surface area contributed by atoms with Gasteiger partial charge in [-0.25, -0.2) is 4.98 Å².